The second kappa shape index (κ2) is 6.78. The van der Waals surface area contributed by atoms with E-state index in [0.717, 1.165) is 22.0 Å². The molecule has 0 unspecified atom stereocenters. The maximum atomic E-state index is 12.8. The number of rotatable bonds is 4. The molecule has 5 nitrogen and oxygen atoms in total. The molecule has 25 heavy (non-hydrogen) atoms. The summed E-state index contributed by atoms with van der Waals surface area (Å²) in [6.45, 7) is 1.75. The van der Waals surface area contributed by atoms with Gasteiger partial charge >= 0.3 is 0 Å². The third kappa shape index (κ3) is 3.42. The summed E-state index contributed by atoms with van der Waals surface area (Å²) in [5.74, 6) is -0.238. The number of fused-ring (bicyclic) bond motifs is 1. The summed E-state index contributed by atoms with van der Waals surface area (Å²) in [4.78, 5) is 14.6. The van der Waals surface area contributed by atoms with Crippen LogP contribution in [-0.4, -0.2) is 38.3 Å². The molecule has 1 aliphatic heterocycles. The van der Waals surface area contributed by atoms with E-state index < -0.39 is 10.0 Å². The molecule has 0 aromatic heterocycles. The van der Waals surface area contributed by atoms with Crippen molar-refractivity contribution in [1.82, 2.24) is 4.31 Å². The minimum Gasteiger partial charge on any atom is -0.308 e. The average Bonchev–Trinajstić information content (AvgIpc) is 2.90. The summed E-state index contributed by atoms with van der Waals surface area (Å²) < 4.78 is 26.3. The lowest BCUT2D eigenvalue weighted by molar-refractivity contribution is -0.118. The predicted octanol–water partition coefficient (Wildman–Crippen LogP) is 2.94. The standard InChI is InChI=1S/C18H19ClN2O3S/c1-13-11-14-5-3-4-6-17(14)21(13)18(22)12-20(2)25(23,24)16-9-7-15(19)8-10-16/h3-10,13H,11-12H2,1-2H3/t13-/m0/s1. The number of likely N-dealkylation sites (N-methyl/N-ethyl adjacent to an activating group) is 1. The van der Waals surface area contributed by atoms with Gasteiger partial charge in [-0.1, -0.05) is 29.8 Å². The number of sulfonamides is 1. The van der Waals surface area contributed by atoms with Crippen molar-refractivity contribution in [2.45, 2.75) is 24.3 Å². The lowest BCUT2D eigenvalue weighted by atomic mass is 10.1. The van der Waals surface area contributed by atoms with E-state index in [1.807, 2.05) is 31.2 Å². The Balaban J connectivity index is 1.80. The van der Waals surface area contributed by atoms with Crippen molar-refractivity contribution in [3.63, 3.8) is 0 Å². The molecule has 0 saturated carbocycles. The second-order valence-corrected chi connectivity index (χ2v) is 8.64. The van der Waals surface area contributed by atoms with Gasteiger partial charge in [0.15, 0.2) is 0 Å². The molecule has 0 bridgehead atoms. The number of halogens is 1. The number of amides is 1. The van der Waals surface area contributed by atoms with Crippen LogP contribution in [0.15, 0.2) is 53.4 Å². The fraction of sp³-hybridized carbons (Fsp3) is 0.278. The van der Waals surface area contributed by atoms with Crippen LogP contribution in [-0.2, 0) is 21.2 Å². The van der Waals surface area contributed by atoms with Crippen molar-refractivity contribution in [2.75, 3.05) is 18.5 Å². The molecule has 0 saturated heterocycles. The monoisotopic (exact) mass is 378 g/mol. The molecule has 1 heterocycles. The minimum absolute atomic E-state index is 0.0107. The Hall–Kier alpha value is -1.89. The van der Waals surface area contributed by atoms with Gasteiger partial charge in [-0.2, -0.15) is 4.31 Å². The van der Waals surface area contributed by atoms with Crippen LogP contribution in [0.4, 0.5) is 5.69 Å². The van der Waals surface area contributed by atoms with Crippen molar-refractivity contribution in [3.05, 3.63) is 59.1 Å². The highest BCUT2D eigenvalue weighted by atomic mass is 35.5. The first-order valence-corrected chi connectivity index (χ1v) is 9.74. The molecule has 2 aromatic carbocycles. The third-order valence-corrected chi connectivity index (χ3v) is 6.43. The third-order valence-electron chi connectivity index (χ3n) is 4.36. The van der Waals surface area contributed by atoms with E-state index >= 15 is 0 Å². The summed E-state index contributed by atoms with van der Waals surface area (Å²) in [6, 6.07) is 13.6. The molecule has 1 atom stereocenters. The fourth-order valence-electron chi connectivity index (χ4n) is 3.08. The van der Waals surface area contributed by atoms with Gasteiger partial charge in [-0.05, 0) is 49.2 Å². The van der Waals surface area contributed by atoms with Crippen LogP contribution in [0.5, 0.6) is 0 Å². The van der Waals surface area contributed by atoms with E-state index in [9.17, 15) is 13.2 Å². The van der Waals surface area contributed by atoms with Crippen molar-refractivity contribution in [1.29, 1.82) is 0 Å². The van der Waals surface area contributed by atoms with E-state index in [1.54, 1.807) is 4.90 Å². The molecule has 0 radical (unpaired) electrons. The van der Waals surface area contributed by atoms with Crippen molar-refractivity contribution in [2.24, 2.45) is 0 Å². The van der Waals surface area contributed by atoms with E-state index in [4.69, 9.17) is 11.6 Å². The molecule has 132 valence electrons. The van der Waals surface area contributed by atoms with Gasteiger partial charge in [0, 0.05) is 23.8 Å². The lowest BCUT2D eigenvalue weighted by Gasteiger charge is -2.25. The zero-order valence-electron chi connectivity index (χ0n) is 14.0. The second-order valence-electron chi connectivity index (χ2n) is 6.16. The van der Waals surface area contributed by atoms with Crippen molar-refractivity contribution in [3.8, 4) is 0 Å². The number of para-hydroxylation sites is 1. The summed E-state index contributed by atoms with van der Waals surface area (Å²) in [7, 11) is -2.34. The fourth-order valence-corrected chi connectivity index (χ4v) is 4.33. The Kier molecular flexibility index (Phi) is 4.86. The lowest BCUT2D eigenvalue weighted by Crippen LogP contribution is -2.43. The Morgan fingerprint density at radius 1 is 1.20 bits per heavy atom. The number of anilines is 1. The van der Waals surface area contributed by atoms with Crippen LogP contribution in [0, 0.1) is 0 Å². The van der Waals surface area contributed by atoms with Gasteiger partial charge in [-0.15, -0.1) is 0 Å². The van der Waals surface area contributed by atoms with Gasteiger partial charge in [-0.25, -0.2) is 8.42 Å². The number of carbonyl (C=O) groups is 1. The number of hydrogen-bond donors (Lipinski definition) is 0. The van der Waals surface area contributed by atoms with E-state index in [1.165, 1.54) is 31.3 Å². The molecule has 1 aliphatic rings. The highest BCUT2D eigenvalue weighted by Gasteiger charge is 2.33. The van der Waals surface area contributed by atoms with E-state index in [2.05, 4.69) is 0 Å². The van der Waals surface area contributed by atoms with Gasteiger partial charge in [0.1, 0.15) is 0 Å². The zero-order chi connectivity index (χ0) is 18.2. The summed E-state index contributed by atoms with van der Waals surface area (Å²) in [5.41, 5.74) is 1.96. The smallest absolute Gasteiger partial charge is 0.243 e. The van der Waals surface area contributed by atoms with Crippen molar-refractivity contribution >= 4 is 33.2 Å². The quantitative estimate of drug-likeness (QED) is 0.821. The highest BCUT2D eigenvalue weighted by Crippen LogP contribution is 2.32. The molecule has 7 heteroatoms. The van der Waals surface area contributed by atoms with Crippen LogP contribution in [0.25, 0.3) is 0 Å². The molecule has 0 fully saturated rings. The number of benzene rings is 2. The Bertz CT molecular complexity index is 897. The van der Waals surface area contributed by atoms with Crippen LogP contribution in [0.2, 0.25) is 5.02 Å². The van der Waals surface area contributed by atoms with Gasteiger partial charge in [-0.3, -0.25) is 4.79 Å². The molecule has 3 rings (SSSR count). The summed E-state index contributed by atoms with van der Waals surface area (Å²) in [6.07, 6.45) is 0.773. The van der Waals surface area contributed by atoms with Crippen LogP contribution in [0.1, 0.15) is 12.5 Å². The van der Waals surface area contributed by atoms with E-state index in [-0.39, 0.29) is 23.4 Å². The maximum absolute atomic E-state index is 12.8. The van der Waals surface area contributed by atoms with Gasteiger partial charge in [0.2, 0.25) is 15.9 Å². The molecule has 0 spiro atoms. The molecular formula is C18H19ClN2O3S. The van der Waals surface area contributed by atoms with Crippen LogP contribution in [0.3, 0.4) is 0 Å². The molecular weight excluding hydrogens is 360 g/mol. The normalized spacial score (nSPS) is 17.0. The Morgan fingerprint density at radius 3 is 2.52 bits per heavy atom. The van der Waals surface area contributed by atoms with Gasteiger partial charge in [0.25, 0.3) is 0 Å². The Labute approximate surface area is 152 Å². The molecule has 0 N–H and O–H groups in total. The number of hydrogen-bond acceptors (Lipinski definition) is 3. The molecule has 2 aromatic rings. The SMILES string of the molecule is C[C@H]1Cc2ccccc2N1C(=O)CN(C)S(=O)(=O)c1ccc(Cl)cc1. The largest absolute Gasteiger partial charge is 0.308 e. The molecule has 0 aliphatic carbocycles. The molecule has 1 amide bonds. The zero-order valence-corrected chi connectivity index (χ0v) is 15.6. The van der Waals surface area contributed by atoms with Crippen LogP contribution >= 0.6 is 11.6 Å². The van der Waals surface area contributed by atoms with Crippen molar-refractivity contribution < 1.29 is 13.2 Å². The first-order chi connectivity index (χ1) is 11.8. The van der Waals surface area contributed by atoms with Gasteiger partial charge < -0.3 is 4.90 Å². The highest BCUT2D eigenvalue weighted by molar-refractivity contribution is 7.89. The predicted molar refractivity (Wildman–Crippen MR) is 98.4 cm³/mol. The minimum atomic E-state index is -3.75. The first-order valence-electron chi connectivity index (χ1n) is 7.92. The van der Waals surface area contributed by atoms with Gasteiger partial charge in [0.05, 0.1) is 11.4 Å². The van der Waals surface area contributed by atoms with E-state index in [0.29, 0.717) is 5.02 Å². The van der Waals surface area contributed by atoms with Crippen LogP contribution < -0.4 is 4.90 Å². The number of nitrogens with zero attached hydrogens (tertiary/aromatic N) is 2. The Morgan fingerprint density at radius 2 is 1.84 bits per heavy atom. The number of carbonyl (C=O) groups excluding carboxylic acids is 1. The average molecular weight is 379 g/mol. The topological polar surface area (TPSA) is 57.7 Å². The maximum Gasteiger partial charge on any atom is 0.243 e. The summed E-state index contributed by atoms with van der Waals surface area (Å²) in [5, 5.41) is 0.458. The first kappa shape index (κ1) is 17.9. The summed E-state index contributed by atoms with van der Waals surface area (Å²) >= 11 is 5.81.